The molecule has 1 heterocycles. The summed E-state index contributed by atoms with van der Waals surface area (Å²) < 4.78 is 5.66. The minimum Gasteiger partial charge on any atom is -0.498 e. The number of aliphatic hydroxyl groups is 1. The van der Waals surface area contributed by atoms with Gasteiger partial charge in [-0.1, -0.05) is 12.8 Å². The number of ether oxygens (including phenoxy) is 1. The highest BCUT2D eigenvalue weighted by Gasteiger charge is 2.31. The van der Waals surface area contributed by atoms with E-state index in [0.29, 0.717) is 0 Å². The second-order valence-electron chi connectivity index (χ2n) is 5.75. The van der Waals surface area contributed by atoms with E-state index in [9.17, 15) is 5.11 Å². The van der Waals surface area contributed by atoms with Crippen LogP contribution in [0.2, 0.25) is 0 Å². The van der Waals surface area contributed by atoms with Crippen LogP contribution in [-0.4, -0.2) is 30.1 Å². The zero-order chi connectivity index (χ0) is 13.2. The van der Waals surface area contributed by atoms with Crippen LogP contribution in [0.5, 0.6) is 0 Å². The number of allylic oxidation sites excluding steroid dienone is 1. The SMILES string of the molecule is CCOC1=CC2=C(CC1)C(CO)=NC2CCC1CC1. The van der Waals surface area contributed by atoms with Crippen LogP contribution in [-0.2, 0) is 4.74 Å². The van der Waals surface area contributed by atoms with Crippen molar-refractivity contribution in [3.63, 3.8) is 0 Å². The van der Waals surface area contributed by atoms with Crippen molar-refractivity contribution in [2.75, 3.05) is 13.2 Å². The average molecular weight is 261 g/mol. The fourth-order valence-electron chi connectivity index (χ4n) is 3.12. The van der Waals surface area contributed by atoms with E-state index in [1.165, 1.54) is 30.4 Å². The summed E-state index contributed by atoms with van der Waals surface area (Å²) in [5.74, 6) is 2.03. The molecule has 0 aromatic carbocycles. The normalized spacial score (nSPS) is 26.1. The zero-order valence-corrected chi connectivity index (χ0v) is 11.7. The molecule has 19 heavy (non-hydrogen) atoms. The zero-order valence-electron chi connectivity index (χ0n) is 11.7. The van der Waals surface area contributed by atoms with Crippen molar-refractivity contribution in [2.45, 2.75) is 51.5 Å². The Bertz CT molecular complexity index is 444. The molecular formula is C16H23NO2. The van der Waals surface area contributed by atoms with Crippen molar-refractivity contribution in [3.8, 4) is 0 Å². The molecule has 0 radical (unpaired) electrons. The molecule has 0 saturated heterocycles. The van der Waals surface area contributed by atoms with E-state index in [-0.39, 0.29) is 12.6 Å². The van der Waals surface area contributed by atoms with E-state index in [1.807, 2.05) is 6.92 Å². The maximum atomic E-state index is 9.46. The van der Waals surface area contributed by atoms with Gasteiger partial charge in [-0.2, -0.15) is 0 Å². The molecule has 0 aromatic rings. The molecule has 2 aliphatic carbocycles. The van der Waals surface area contributed by atoms with Gasteiger partial charge in [-0.25, -0.2) is 0 Å². The van der Waals surface area contributed by atoms with Gasteiger partial charge in [-0.05, 0) is 49.3 Å². The summed E-state index contributed by atoms with van der Waals surface area (Å²) in [4.78, 5) is 4.74. The predicted octanol–water partition coefficient (Wildman–Crippen LogP) is 3.00. The monoisotopic (exact) mass is 261 g/mol. The first kappa shape index (κ1) is 12.9. The molecule has 0 aromatic heterocycles. The van der Waals surface area contributed by atoms with Gasteiger partial charge in [-0.3, -0.25) is 4.99 Å². The minimum atomic E-state index is 0.0799. The van der Waals surface area contributed by atoms with Crippen molar-refractivity contribution in [3.05, 3.63) is 23.0 Å². The van der Waals surface area contributed by atoms with Crippen molar-refractivity contribution in [2.24, 2.45) is 10.9 Å². The van der Waals surface area contributed by atoms with Crippen LogP contribution in [0, 0.1) is 5.92 Å². The van der Waals surface area contributed by atoms with Crippen molar-refractivity contribution >= 4 is 5.71 Å². The Morgan fingerprint density at radius 3 is 2.84 bits per heavy atom. The van der Waals surface area contributed by atoms with E-state index < -0.39 is 0 Å². The smallest absolute Gasteiger partial charge is 0.0966 e. The highest BCUT2D eigenvalue weighted by atomic mass is 16.5. The number of aliphatic hydroxyl groups excluding tert-OH is 1. The lowest BCUT2D eigenvalue weighted by molar-refractivity contribution is 0.217. The first-order valence-corrected chi connectivity index (χ1v) is 7.56. The predicted molar refractivity (Wildman–Crippen MR) is 76.2 cm³/mol. The first-order valence-electron chi connectivity index (χ1n) is 7.56. The van der Waals surface area contributed by atoms with Gasteiger partial charge in [0.15, 0.2) is 0 Å². The van der Waals surface area contributed by atoms with E-state index in [1.54, 1.807) is 0 Å². The van der Waals surface area contributed by atoms with Gasteiger partial charge in [0.2, 0.25) is 0 Å². The Kier molecular flexibility index (Phi) is 3.74. The van der Waals surface area contributed by atoms with E-state index in [4.69, 9.17) is 9.73 Å². The molecule has 3 heteroatoms. The Morgan fingerprint density at radius 1 is 1.32 bits per heavy atom. The summed E-state index contributed by atoms with van der Waals surface area (Å²) in [7, 11) is 0. The molecule has 3 rings (SSSR count). The number of rotatable bonds is 6. The van der Waals surface area contributed by atoms with Crippen LogP contribution in [0.15, 0.2) is 28.0 Å². The van der Waals surface area contributed by atoms with E-state index in [2.05, 4.69) is 6.08 Å². The van der Waals surface area contributed by atoms with Gasteiger partial charge in [0.1, 0.15) is 0 Å². The van der Waals surface area contributed by atoms with Crippen LogP contribution < -0.4 is 0 Å². The minimum absolute atomic E-state index is 0.0799. The summed E-state index contributed by atoms with van der Waals surface area (Å²) in [5.41, 5.74) is 3.52. The Hall–Kier alpha value is -1.09. The molecule has 1 fully saturated rings. The summed E-state index contributed by atoms with van der Waals surface area (Å²) in [6.07, 6.45) is 9.31. The van der Waals surface area contributed by atoms with Crippen LogP contribution in [0.4, 0.5) is 0 Å². The Morgan fingerprint density at radius 2 is 2.16 bits per heavy atom. The number of aliphatic imine (C=N–C) groups is 1. The number of hydrogen-bond donors (Lipinski definition) is 1. The molecule has 1 atom stereocenters. The highest BCUT2D eigenvalue weighted by Crippen LogP contribution is 2.39. The largest absolute Gasteiger partial charge is 0.498 e. The molecule has 104 valence electrons. The van der Waals surface area contributed by atoms with Crippen LogP contribution in [0.1, 0.15) is 45.4 Å². The second kappa shape index (κ2) is 5.49. The van der Waals surface area contributed by atoms with Gasteiger partial charge in [0, 0.05) is 6.42 Å². The molecule has 1 N–H and O–H groups in total. The van der Waals surface area contributed by atoms with Gasteiger partial charge < -0.3 is 9.84 Å². The molecule has 3 aliphatic rings. The van der Waals surface area contributed by atoms with E-state index >= 15 is 0 Å². The van der Waals surface area contributed by atoms with Crippen LogP contribution in [0.3, 0.4) is 0 Å². The molecular weight excluding hydrogens is 238 g/mol. The molecule has 1 unspecified atom stereocenters. The van der Waals surface area contributed by atoms with Gasteiger partial charge in [0.25, 0.3) is 0 Å². The van der Waals surface area contributed by atoms with E-state index in [0.717, 1.165) is 43.3 Å². The average Bonchev–Trinajstić information content (AvgIpc) is 3.19. The summed E-state index contributed by atoms with van der Waals surface area (Å²) in [6, 6.07) is 0.272. The maximum Gasteiger partial charge on any atom is 0.0966 e. The quantitative estimate of drug-likeness (QED) is 0.798. The van der Waals surface area contributed by atoms with Crippen molar-refractivity contribution < 1.29 is 9.84 Å². The van der Waals surface area contributed by atoms with Gasteiger partial charge >= 0.3 is 0 Å². The topological polar surface area (TPSA) is 41.8 Å². The van der Waals surface area contributed by atoms with Gasteiger partial charge in [0.05, 0.1) is 30.7 Å². The fraction of sp³-hybridized carbons (Fsp3) is 0.688. The lowest BCUT2D eigenvalue weighted by Gasteiger charge is -2.18. The third-order valence-corrected chi connectivity index (χ3v) is 4.33. The molecule has 3 nitrogen and oxygen atoms in total. The van der Waals surface area contributed by atoms with Crippen LogP contribution >= 0.6 is 0 Å². The number of nitrogens with zero attached hydrogens (tertiary/aromatic N) is 1. The van der Waals surface area contributed by atoms with Crippen molar-refractivity contribution in [1.82, 2.24) is 0 Å². The van der Waals surface area contributed by atoms with Crippen molar-refractivity contribution in [1.29, 1.82) is 0 Å². The summed E-state index contributed by atoms with van der Waals surface area (Å²) >= 11 is 0. The lowest BCUT2D eigenvalue weighted by Crippen LogP contribution is -2.11. The molecule has 0 spiro atoms. The summed E-state index contributed by atoms with van der Waals surface area (Å²) in [5, 5.41) is 9.46. The highest BCUT2D eigenvalue weighted by molar-refractivity contribution is 6.04. The third kappa shape index (κ3) is 2.76. The Balaban J connectivity index is 1.75. The molecule has 0 amide bonds. The van der Waals surface area contributed by atoms with Gasteiger partial charge in [-0.15, -0.1) is 0 Å². The Labute approximate surface area is 115 Å². The number of hydrogen-bond acceptors (Lipinski definition) is 3. The maximum absolute atomic E-state index is 9.46. The second-order valence-corrected chi connectivity index (χ2v) is 5.75. The molecule has 1 saturated carbocycles. The summed E-state index contributed by atoms with van der Waals surface area (Å²) in [6.45, 7) is 2.84. The fourth-order valence-corrected chi connectivity index (χ4v) is 3.12. The van der Waals surface area contributed by atoms with Crippen LogP contribution in [0.25, 0.3) is 0 Å². The first-order chi connectivity index (χ1) is 9.31. The third-order valence-electron chi connectivity index (χ3n) is 4.33. The molecule has 1 aliphatic heterocycles. The standard InChI is InChI=1S/C16H23NO2/c1-2-19-12-6-7-13-14(9-12)15(17-16(13)10-18)8-5-11-3-4-11/h9,11,15,18H,2-8,10H2,1H3. The molecule has 0 bridgehead atoms. The lowest BCUT2D eigenvalue weighted by atomic mass is 9.90.